The molecule has 0 amide bonds. The number of hydrogen-bond donors (Lipinski definition) is 2. The smallest absolute Gasteiger partial charge is 0.398 e. The molecule has 0 spiro atoms. The van der Waals surface area contributed by atoms with E-state index < -0.39 is 18.5 Å². The summed E-state index contributed by atoms with van der Waals surface area (Å²) in [4.78, 5) is 0. The van der Waals surface area contributed by atoms with Crippen molar-refractivity contribution in [1.82, 2.24) is 9.78 Å². The first-order valence-electron chi connectivity index (χ1n) is 5.95. The largest absolute Gasteiger partial charge is 0.433 e. The van der Waals surface area contributed by atoms with Crippen LogP contribution in [0.2, 0.25) is 0 Å². The van der Waals surface area contributed by atoms with Gasteiger partial charge in [-0.25, -0.2) is 0 Å². The van der Waals surface area contributed by atoms with E-state index in [9.17, 15) is 13.2 Å². The number of hydrogen-bond acceptors (Lipinski definition) is 3. The summed E-state index contributed by atoms with van der Waals surface area (Å²) in [6, 6.07) is 5.93. The Balaban J connectivity index is 2.49. The molecule has 0 unspecified atom stereocenters. The van der Waals surface area contributed by atoms with Crippen molar-refractivity contribution in [3.8, 4) is 11.3 Å². The second-order valence-corrected chi connectivity index (χ2v) is 4.43. The molecule has 3 N–H and O–H groups in total. The van der Waals surface area contributed by atoms with E-state index in [-0.39, 0.29) is 12.2 Å². The molecule has 7 heteroatoms. The SMILES string of the molecule is Cc1ccc(-c2cc(C(F)(F)F)n(CCO)n2)cc1N. The Kier molecular flexibility index (Phi) is 3.71. The van der Waals surface area contributed by atoms with Gasteiger partial charge >= 0.3 is 6.18 Å². The third-order valence-corrected chi connectivity index (χ3v) is 2.96. The maximum Gasteiger partial charge on any atom is 0.433 e. The van der Waals surface area contributed by atoms with Crippen molar-refractivity contribution in [2.24, 2.45) is 0 Å². The third-order valence-electron chi connectivity index (χ3n) is 2.96. The van der Waals surface area contributed by atoms with Crippen LogP contribution in [0.3, 0.4) is 0 Å². The predicted molar refractivity (Wildman–Crippen MR) is 68.9 cm³/mol. The van der Waals surface area contributed by atoms with Crippen molar-refractivity contribution in [3.63, 3.8) is 0 Å². The van der Waals surface area contributed by atoms with Gasteiger partial charge in [0.15, 0.2) is 0 Å². The van der Waals surface area contributed by atoms with Crippen LogP contribution < -0.4 is 5.73 Å². The fourth-order valence-electron chi connectivity index (χ4n) is 1.85. The summed E-state index contributed by atoms with van der Waals surface area (Å²) in [5.74, 6) is 0. The summed E-state index contributed by atoms with van der Waals surface area (Å²) >= 11 is 0. The third kappa shape index (κ3) is 2.77. The minimum absolute atomic E-state index is 0.178. The van der Waals surface area contributed by atoms with Gasteiger partial charge in [-0.2, -0.15) is 18.3 Å². The van der Waals surface area contributed by atoms with Crippen molar-refractivity contribution in [2.45, 2.75) is 19.6 Å². The maximum absolute atomic E-state index is 12.9. The number of nitrogen functional groups attached to an aromatic ring is 1. The van der Waals surface area contributed by atoms with Crippen molar-refractivity contribution in [1.29, 1.82) is 0 Å². The molecule has 0 saturated heterocycles. The lowest BCUT2D eigenvalue weighted by atomic mass is 10.1. The van der Waals surface area contributed by atoms with Gasteiger partial charge in [0.05, 0.1) is 18.8 Å². The number of anilines is 1. The molecule has 1 aromatic heterocycles. The molecule has 108 valence electrons. The van der Waals surface area contributed by atoms with Crippen LogP contribution in [0.25, 0.3) is 11.3 Å². The Bertz CT molecular complexity index is 620. The molecular formula is C13H14F3N3O. The van der Waals surface area contributed by atoms with Crippen LogP contribution in [-0.4, -0.2) is 21.5 Å². The van der Waals surface area contributed by atoms with E-state index in [1.54, 1.807) is 18.2 Å². The number of alkyl halides is 3. The Morgan fingerprint density at radius 1 is 1.30 bits per heavy atom. The summed E-state index contributed by atoms with van der Waals surface area (Å²) in [6.45, 7) is 1.18. The summed E-state index contributed by atoms with van der Waals surface area (Å²) in [6.07, 6.45) is -4.52. The Morgan fingerprint density at radius 2 is 2.00 bits per heavy atom. The number of benzene rings is 1. The zero-order valence-corrected chi connectivity index (χ0v) is 10.8. The molecule has 0 radical (unpaired) electrons. The van der Waals surface area contributed by atoms with E-state index in [1.165, 1.54) is 0 Å². The normalized spacial score (nSPS) is 11.8. The predicted octanol–water partition coefficient (Wildman–Crippen LogP) is 2.45. The fourth-order valence-corrected chi connectivity index (χ4v) is 1.85. The first kappa shape index (κ1) is 14.4. The van der Waals surface area contributed by atoms with E-state index in [1.807, 2.05) is 6.92 Å². The van der Waals surface area contributed by atoms with Crippen LogP contribution in [0.15, 0.2) is 24.3 Å². The highest BCUT2D eigenvalue weighted by Crippen LogP contribution is 2.33. The van der Waals surface area contributed by atoms with Gasteiger partial charge in [-0.15, -0.1) is 0 Å². The summed E-state index contributed by atoms with van der Waals surface area (Å²) < 4.78 is 39.4. The molecule has 0 saturated carbocycles. The summed E-state index contributed by atoms with van der Waals surface area (Å²) in [5.41, 5.74) is 6.89. The number of nitrogens with zero attached hydrogens (tertiary/aromatic N) is 2. The molecule has 1 aromatic carbocycles. The Hall–Kier alpha value is -2.02. The fraction of sp³-hybridized carbons (Fsp3) is 0.308. The molecule has 0 atom stereocenters. The minimum atomic E-state index is -4.52. The van der Waals surface area contributed by atoms with Crippen LogP contribution in [0.4, 0.5) is 18.9 Å². The molecule has 20 heavy (non-hydrogen) atoms. The Morgan fingerprint density at radius 3 is 2.55 bits per heavy atom. The number of aromatic nitrogens is 2. The maximum atomic E-state index is 12.9. The number of nitrogens with two attached hydrogens (primary N) is 1. The van der Waals surface area contributed by atoms with Gasteiger partial charge in [-0.1, -0.05) is 12.1 Å². The average Bonchev–Trinajstić information content (AvgIpc) is 2.77. The highest BCUT2D eigenvalue weighted by molar-refractivity contribution is 5.66. The van der Waals surface area contributed by atoms with E-state index >= 15 is 0 Å². The lowest BCUT2D eigenvalue weighted by Gasteiger charge is -2.08. The van der Waals surface area contributed by atoms with Gasteiger partial charge in [0, 0.05) is 11.3 Å². The highest BCUT2D eigenvalue weighted by Gasteiger charge is 2.35. The molecule has 0 aliphatic rings. The van der Waals surface area contributed by atoms with E-state index in [0.29, 0.717) is 11.3 Å². The molecule has 2 aromatic rings. The number of halogens is 3. The molecule has 1 heterocycles. The molecular weight excluding hydrogens is 271 g/mol. The van der Waals surface area contributed by atoms with Gasteiger partial charge in [-0.3, -0.25) is 4.68 Å². The Labute approximate surface area is 113 Å². The van der Waals surface area contributed by atoms with Crippen LogP contribution in [0.5, 0.6) is 0 Å². The molecule has 4 nitrogen and oxygen atoms in total. The summed E-state index contributed by atoms with van der Waals surface area (Å²) in [5, 5.41) is 12.7. The van der Waals surface area contributed by atoms with E-state index in [2.05, 4.69) is 5.10 Å². The van der Waals surface area contributed by atoms with Crippen molar-refractivity contribution in [3.05, 3.63) is 35.5 Å². The first-order chi connectivity index (χ1) is 9.32. The number of rotatable bonds is 3. The van der Waals surface area contributed by atoms with Gasteiger partial charge in [-0.05, 0) is 24.6 Å². The number of aliphatic hydroxyl groups is 1. The molecule has 0 bridgehead atoms. The first-order valence-corrected chi connectivity index (χ1v) is 5.95. The molecule has 0 aliphatic carbocycles. The van der Waals surface area contributed by atoms with Crippen molar-refractivity contribution < 1.29 is 18.3 Å². The van der Waals surface area contributed by atoms with Gasteiger partial charge in [0.2, 0.25) is 0 Å². The second kappa shape index (κ2) is 5.16. The number of aryl methyl sites for hydroxylation is 1. The van der Waals surface area contributed by atoms with Crippen molar-refractivity contribution in [2.75, 3.05) is 12.3 Å². The zero-order valence-electron chi connectivity index (χ0n) is 10.8. The second-order valence-electron chi connectivity index (χ2n) is 4.43. The zero-order chi connectivity index (χ0) is 14.9. The molecule has 2 rings (SSSR count). The van der Waals surface area contributed by atoms with Crippen LogP contribution in [0.1, 0.15) is 11.3 Å². The highest BCUT2D eigenvalue weighted by atomic mass is 19.4. The van der Waals surface area contributed by atoms with Gasteiger partial charge in [0.1, 0.15) is 5.69 Å². The van der Waals surface area contributed by atoms with Gasteiger partial charge < -0.3 is 10.8 Å². The van der Waals surface area contributed by atoms with E-state index in [4.69, 9.17) is 10.8 Å². The quantitative estimate of drug-likeness (QED) is 0.851. The van der Waals surface area contributed by atoms with Crippen LogP contribution >= 0.6 is 0 Å². The van der Waals surface area contributed by atoms with Crippen LogP contribution in [0, 0.1) is 6.92 Å². The monoisotopic (exact) mass is 285 g/mol. The minimum Gasteiger partial charge on any atom is -0.398 e. The van der Waals surface area contributed by atoms with Gasteiger partial charge in [0.25, 0.3) is 0 Å². The average molecular weight is 285 g/mol. The lowest BCUT2D eigenvalue weighted by molar-refractivity contribution is -0.144. The van der Waals surface area contributed by atoms with Crippen molar-refractivity contribution >= 4 is 5.69 Å². The van der Waals surface area contributed by atoms with Crippen LogP contribution in [-0.2, 0) is 12.7 Å². The summed E-state index contributed by atoms with van der Waals surface area (Å²) in [7, 11) is 0. The molecule has 0 aliphatic heterocycles. The van der Waals surface area contributed by atoms with E-state index in [0.717, 1.165) is 16.3 Å². The topological polar surface area (TPSA) is 64.1 Å². The molecule has 0 fully saturated rings. The standard InChI is InChI=1S/C13H14F3N3O/c1-8-2-3-9(6-10(8)17)11-7-12(13(14,15)16)19(18-11)4-5-20/h2-3,6-7,20H,4-5,17H2,1H3. The number of aliphatic hydroxyl groups excluding tert-OH is 1. The lowest BCUT2D eigenvalue weighted by Crippen LogP contribution is -2.16.